The molecule has 0 aromatic heterocycles. The van der Waals surface area contributed by atoms with Crippen molar-refractivity contribution < 1.29 is 13.5 Å². The molecule has 0 saturated heterocycles. The largest absolute Gasteiger partial charge is 0.395 e. The van der Waals surface area contributed by atoms with E-state index in [0.717, 1.165) is 12.8 Å². The first kappa shape index (κ1) is 9.00. The van der Waals surface area contributed by atoms with Crippen molar-refractivity contribution in [1.29, 1.82) is 0 Å². The number of hydrogen-bond acceptors (Lipinski definition) is 3. The summed E-state index contributed by atoms with van der Waals surface area (Å²) >= 11 is 0. The maximum atomic E-state index is 11.2. The molecule has 0 aliphatic heterocycles. The van der Waals surface area contributed by atoms with Gasteiger partial charge in [-0.05, 0) is 12.8 Å². The third-order valence-electron chi connectivity index (χ3n) is 2.59. The molecule has 0 radical (unpaired) electrons. The average molecular weight is 178 g/mol. The van der Waals surface area contributed by atoms with Gasteiger partial charge in [0.2, 0.25) is 0 Å². The Balaban J connectivity index is 2.93. The molecule has 1 N–H and O–H groups in total. The van der Waals surface area contributed by atoms with E-state index in [2.05, 4.69) is 0 Å². The van der Waals surface area contributed by atoms with Crippen LogP contribution in [0.4, 0.5) is 0 Å². The van der Waals surface area contributed by atoms with Gasteiger partial charge >= 0.3 is 0 Å². The number of aliphatic hydroxyl groups is 1. The maximum absolute atomic E-state index is 11.2. The minimum absolute atomic E-state index is 0.216. The monoisotopic (exact) mass is 178 g/mol. The molecule has 0 amide bonds. The lowest BCUT2D eigenvalue weighted by Crippen LogP contribution is -2.38. The summed E-state index contributed by atoms with van der Waals surface area (Å²) in [5.41, 5.74) is 0. The van der Waals surface area contributed by atoms with Crippen molar-refractivity contribution in [3.8, 4) is 0 Å². The molecule has 0 heterocycles. The second-order valence-electron chi connectivity index (χ2n) is 3.32. The molecule has 0 spiro atoms. The molecule has 1 aliphatic rings. The molecule has 0 bridgehead atoms. The van der Waals surface area contributed by atoms with Crippen LogP contribution in [0.5, 0.6) is 0 Å². The zero-order valence-electron chi connectivity index (χ0n) is 6.71. The first-order valence-corrected chi connectivity index (χ1v) is 5.71. The zero-order chi connectivity index (χ0) is 8.54. The fraction of sp³-hybridized carbons (Fsp3) is 1.00. The quantitative estimate of drug-likeness (QED) is 0.663. The molecule has 0 aromatic rings. The van der Waals surface area contributed by atoms with Crippen LogP contribution in [0.2, 0.25) is 0 Å². The summed E-state index contributed by atoms with van der Waals surface area (Å²) in [6.45, 7) is -0.216. The van der Waals surface area contributed by atoms with Gasteiger partial charge in [0, 0.05) is 6.26 Å². The third-order valence-corrected chi connectivity index (χ3v) is 4.70. The van der Waals surface area contributed by atoms with Gasteiger partial charge in [0.15, 0.2) is 9.84 Å². The molecule has 0 atom stereocenters. The van der Waals surface area contributed by atoms with Crippen molar-refractivity contribution in [2.24, 2.45) is 0 Å². The Hall–Kier alpha value is -0.0900. The minimum atomic E-state index is -3.06. The van der Waals surface area contributed by atoms with E-state index in [1.165, 1.54) is 6.26 Å². The van der Waals surface area contributed by atoms with Gasteiger partial charge in [-0.25, -0.2) is 8.42 Å². The molecule has 1 aliphatic carbocycles. The summed E-state index contributed by atoms with van der Waals surface area (Å²) in [6, 6.07) is 0. The Labute approximate surface area is 67.3 Å². The van der Waals surface area contributed by atoms with Crippen LogP contribution >= 0.6 is 0 Å². The molecule has 0 aromatic carbocycles. The van der Waals surface area contributed by atoms with E-state index in [9.17, 15) is 8.42 Å². The van der Waals surface area contributed by atoms with Crippen LogP contribution in [-0.4, -0.2) is 31.1 Å². The molecule has 1 saturated carbocycles. The molecule has 0 unspecified atom stereocenters. The maximum Gasteiger partial charge on any atom is 0.155 e. The highest BCUT2D eigenvalue weighted by Gasteiger charge is 2.42. The summed E-state index contributed by atoms with van der Waals surface area (Å²) < 4.78 is 21.7. The van der Waals surface area contributed by atoms with Crippen LogP contribution in [0, 0.1) is 0 Å². The van der Waals surface area contributed by atoms with Crippen molar-refractivity contribution in [3.63, 3.8) is 0 Å². The molecule has 11 heavy (non-hydrogen) atoms. The number of rotatable bonds is 2. The van der Waals surface area contributed by atoms with E-state index >= 15 is 0 Å². The topological polar surface area (TPSA) is 54.4 Å². The summed E-state index contributed by atoms with van der Waals surface area (Å²) in [5.74, 6) is 0. The van der Waals surface area contributed by atoms with Crippen LogP contribution in [-0.2, 0) is 9.84 Å². The summed E-state index contributed by atoms with van der Waals surface area (Å²) in [5, 5.41) is 8.97. The van der Waals surface area contributed by atoms with Gasteiger partial charge in [-0.3, -0.25) is 0 Å². The summed E-state index contributed by atoms with van der Waals surface area (Å²) in [7, 11) is -3.06. The van der Waals surface area contributed by atoms with E-state index in [1.807, 2.05) is 0 Å². The molecule has 4 heteroatoms. The zero-order valence-corrected chi connectivity index (χ0v) is 7.52. The Morgan fingerprint density at radius 1 is 1.36 bits per heavy atom. The Kier molecular flexibility index (Phi) is 2.25. The smallest absolute Gasteiger partial charge is 0.155 e. The molecule has 1 fully saturated rings. The van der Waals surface area contributed by atoms with Crippen LogP contribution in [0.15, 0.2) is 0 Å². The molecule has 1 rings (SSSR count). The SMILES string of the molecule is CS(=O)(=O)C1(CO)CCCC1. The van der Waals surface area contributed by atoms with Gasteiger partial charge in [-0.15, -0.1) is 0 Å². The highest BCUT2D eigenvalue weighted by Crippen LogP contribution is 2.35. The van der Waals surface area contributed by atoms with E-state index in [1.54, 1.807) is 0 Å². The van der Waals surface area contributed by atoms with Crippen molar-refractivity contribution in [2.75, 3.05) is 12.9 Å². The summed E-state index contributed by atoms with van der Waals surface area (Å²) in [4.78, 5) is 0. The van der Waals surface area contributed by atoms with E-state index in [4.69, 9.17) is 5.11 Å². The highest BCUT2D eigenvalue weighted by molar-refractivity contribution is 7.92. The molecular weight excluding hydrogens is 164 g/mol. The summed E-state index contributed by atoms with van der Waals surface area (Å²) in [6.07, 6.45) is 4.32. The lowest BCUT2D eigenvalue weighted by Gasteiger charge is -2.23. The Morgan fingerprint density at radius 3 is 2.00 bits per heavy atom. The standard InChI is InChI=1S/C7H14O3S/c1-11(9,10)7(6-8)4-2-3-5-7/h8H,2-6H2,1H3. The van der Waals surface area contributed by atoms with Crippen molar-refractivity contribution >= 4 is 9.84 Å². The average Bonchev–Trinajstić information content (AvgIpc) is 2.33. The fourth-order valence-corrected chi connectivity index (χ4v) is 2.93. The second kappa shape index (κ2) is 2.75. The minimum Gasteiger partial charge on any atom is -0.395 e. The van der Waals surface area contributed by atoms with Gasteiger partial charge < -0.3 is 5.11 Å². The predicted molar refractivity (Wildman–Crippen MR) is 43.1 cm³/mol. The molecule has 3 nitrogen and oxygen atoms in total. The second-order valence-corrected chi connectivity index (χ2v) is 5.73. The van der Waals surface area contributed by atoms with Crippen molar-refractivity contribution in [1.82, 2.24) is 0 Å². The lowest BCUT2D eigenvalue weighted by atomic mass is 10.1. The van der Waals surface area contributed by atoms with Gasteiger partial charge in [0.05, 0.1) is 11.4 Å². The lowest BCUT2D eigenvalue weighted by molar-refractivity contribution is 0.242. The van der Waals surface area contributed by atoms with Gasteiger partial charge in [0.25, 0.3) is 0 Å². The van der Waals surface area contributed by atoms with Gasteiger partial charge in [-0.1, -0.05) is 12.8 Å². The Bertz CT molecular complexity index is 224. The van der Waals surface area contributed by atoms with Gasteiger partial charge in [-0.2, -0.15) is 0 Å². The van der Waals surface area contributed by atoms with Crippen LogP contribution in [0.25, 0.3) is 0 Å². The van der Waals surface area contributed by atoms with Gasteiger partial charge in [0.1, 0.15) is 0 Å². The number of sulfone groups is 1. The normalized spacial score (nSPS) is 23.8. The fourth-order valence-electron chi connectivity index (χ4n) is 1.67. The van der Waals surface area contributed by atoms with Crippen molar-refractivity contribution in [2.45, 2.75) is 30.4 Å². The number of hydrogen-bond donors (Lipinski definition) is 1. The van der Waals surface area contributed by atoms with E-state index in [-0.39, 0.29) is 6.61 Å². The highest BCUT2D eigenvalue weighted by atomic mass is 32.2. The van der Waals surface area contributed by atoms with Crippen LogP contribution in [0.1, 0.15) is 25.7 Å². The van der Waals surface area contributed by atoms with E-state index < -0.39 is 14.6 Å². The first-order chi connectivity index (χ1) is 5.02. The van der Waals surface area contributed by atoms with E-state index in [0.29, 0.717) is 12.8 Å². The van der Waals surface area contributed by atoms with Crippen LogP contribution in [0.3, 0.4) is 0 Å². The third kappa shape index (κ3) is 1.42. The Morgan fingerprint density at radius 2 is 1.82 bits per heavy atom. The van der Waals surface area contributed by atoms with Crippen molar-refractivity contribution in [3.05, 3.63) is 0 Å². The first-order valence-electron chi connectivity index (χ1n) is 3.82. The predicted octanol–water partition coefficient (Wildman–Crippen LogP) is 0.336. The molecule has 66 valence electrons. The number of aliphatic hydroxyl groups excluding tert-OH is 1. The molecular formula is C7H14O3S. The van der Waals surface area contributed by atoms with Crippen LogP contribution < -0.4 is 0 Å².